The molecule has 0 aliphatic heterocycles. The standard InChI is InChI=1S/C6H7F3N2/c1-4-3-11(2)10-5(4)6(7,8)9/h3H,1-2H3/p+1. The van der Waals surface area contributed by atoms with Crippen molar-refractivity contribution in [3.63, 3.8) is 0 Å². The van der Waals surface area contributed by atoms with Gasteiger partial charge in [0, 0.05) is 5.56 Å². The number of rotatable bonds is 0. The van der Waals surface area contributed by atoms with E-state index in [-0.39, 0.29) is 5.56 Å². The molecule has 5 heteroatoms. The summed E-state index contributed by atoms with van der Waals surface area (Å²) in [5.74, 6) is 0. The fraction of sp³-hybridized carbons (Fsp3) is 0.500. The Morgan fingerprint density at radius 3 is 2.18 bits per heavy atom. The number of nitrogens with one attached hydrogen (secondary N) is 1. The first-order valence-corrected chi connectivity index (χ1v) is 3.03. The second-order valence-electron chi connectivity index (χ2n) is 2.41. The maximum Gasteiger partial charge on any atom is 0.437 e. The van der Waals surface area contributed by atoms with Crippen LogP contribution in [-0.2, 0) is 13.2 Å². The second-order valence-corrected chi connectivity index (χ2v) is 2.41. The lowest BCUT2D eigenvalue weighted by Gasteiger charge is -2.00. The first-order valence-electron chi connectivity index (χ1n) is 3.03. The van der Waals surface area contributed by atoms with E-state index in [0.29, 0.717) is 0 Å². The summed E-state index contributed by atoms with van der Waals surface area (Å²) >= 11 is 0. The van der Waals surface area contributed by atoms with Crippen molar-refractivity contribution in [3.05, 3.63) is 17.5 Å². The molecular weight excluding hydrogens is 157 g/mol. The van der Waals surface area contributed by atoms with Gasteiger partial charge in [-0.3, -0.25) is 0 Å². The van der Waals surface area contributed by atoms with Gasteiger partial charge in [-0.25, -0.2) is 0 Å². The fourth-order valence-corrected chi connectivity index (χ4v) is 0.939. The lowest BCUT2D eigenvalue weighted by atomic mass is 10.3. The Labute approximate surface area is 61.6 Å². The van der Waals surface area contributed by atoms with E-state index in [4.69, 9.17) is 0 Å². The van der Waals surface area contributed by atoms with Gasteiger partial charge in [0.1, 0.15) is 0 Å². The molecule has 0 aliphatic rings. The third-order valence-corrected chi connectivity index (χ3v) is 1.35. The van der Waals surface area contributed by atoms with Crippen LogP contribution in [0.1, 0.15) is 11.3 Å². The van der Waals surface area contributed by atoms with Gasteiger partial charge in [0.15, 0.2) is 18.9 Å². The lowest BCUT2D eigenvalue weighted by molar-refractivity contribution is -0.728. The van der Waals surface area contributed by atoms with E-state index in [9.17, 15) is 13.2 Å². The molecule has 1 rings (SSSR count). The van der Waals surface area contributed by atoms with E-state index in [1.807, 2.05) is 0 Å². The van der Waals surface area contributed by atoms with Gasteiger partial charge < -0.3 is 0 Å². The van der Waals surface area contributed by atoms with E-state index < -0.39 is 11.9 Å². The van der Waals surface area contributed by atoms with Crippen LogP contribution in [-0.4, -0.2) is 5.10 Å². The van der Waals surface area contributed by atoms with Crippen molar-refractivity contribution < 1.29 is 17.9 Å². The molecular formula is C6H8F3N2+. The monoisotopic (exact) mass is 165 g/mol. The molecule has 0 aliphatic carbocycles. The van der Waals surface area contributed by atoms with Crippen molar-refractivity contribution in [2.75, 3.05) is 0 Å². The Hall–Kier alpha value is -1.00. The van der Waals surface area contributed by atoms with E-state index in [1.165, 1.54) is 24.9 Å². The number of aryl methyl sites for hydroxylation is 2. The molecule has 1 N–H and O–H groups in total. The summed E-state index contributed by atoms with van der Waals surface area (Å²) in [7, 11) is 1.52. The summed E-state index contributed by atoms with van der Waals surface area (Å²) in [6, 6.07) is 0. The number of hydrogen-bond donors (Lipinski definition) is 1. The van der Waals surface area contributed by atoms with Crippen LogP contribution in [0.4, 0.5) is 13.2 Å². The van der Waals surface area contributed by atoms with Gasteiger partial charge in [0.2, 0.25) is 0 Å². The molecule has 1 heterocycles. The molecule has 0 radical (unpaired) electrons. The molecule has 2 nitrogen and oxygen atoms in total. The van der Waals surface area contributed by atoms with Crippen LogP contribution in [0.2, 0.25) is 0 Å². The maximum atomic E-state index is 12.0. The largest absolute Gasteiger partial charge is 0.437 e. The normalized spacial score (nSPS) is 12.1. The molecule has 0 saturated heterocycles. The van der Waals surface area contributed by atoms with Gasteiger partial charge >= 0.3 is 6.18 Å². The predicted octanol–water partition coefficient (Wildman–Crippen LogP) is 1.17. The van der Waals surface area contributed by atoms with Crippen LogP contribution < -0.4 is 4.68 Å². The van der Waals surface area contributed by atoms with Crippen LogP contribution >= 0.6 is 0 Å². The van der Waals surface area contributed by atoms with Crippen molar-refractivity contribution >= 4 is 0 Å². The first kappa shape index (κ1) is 8.10. The van der Waals surface area contributed by atoms with Gasteiger partial charge in [-0.2, -0.15) is 18.3 Å². The molecule has 1 aromatic rings. The summed E-state index contributed by atoms with van der Waals surface area (Å²) in [6.07, 6.45) is -2.88. The molecule has 0 unspecified atom stereocenters. The summed E-state index contributed by atoms with van der Waals surface area (Å²) in [6.45, 7) is 1.42. The average molecular weight is 165 g/mol. The van der Waals surface area contributed by atoms with Gasteiger partial charge in [0.05, 0.1) is 0 Å². The Balaban J connectivity index is 3.13. The van der Waals surface area contributed by atoms with Gasteiger partial charge in [-0.1, -0.05) is 0 Å². The smallest absolute Gasteiger partial charge is 0.164 e. The predicted molar refractivity (Wildman–Crippen MR) is 31.7 cm³/mol. The minimum atomic E-state index is -4.27. The Bertz CT molecular complexity index is 261. The van der Waals surface area contributed by atoms with Crippen LogP contribution in [0.25, 0.3) is 0 Å². The van der Waals surface area contributed by atoms with Crippen molar-refractivity contribution in [1.82, 2.24) is 5.10 Å². The molecule has 0 atom stereocenters. The Kier molecular flexibility index (Phi) is 1.66. The van der Waals surface area contributed by atoms with Crippen molar-refractivity contribution in [2.45, 2.75) is 13.1 Å². The van der Waals surface area contributed by atoms with Crippen LogP contribution in [0.15, 0.2) is 6.20 Å². The highest BCUT2D eigenvalue weighted by Crippen LogP contribution is 2.28. The van der Waals surface area contributed by atoms with Crippen molar-refractivity contribution in [1.29, 1.82) is 0 Å². The van der Waals surface area contributed by atoms with E-state index >= 15 is 0 Å². The first-order chi connectivity index (χ1) is 4.91. The number of aromatic amines is 1. The second kappa shape index (κ2) is 2.25. The summed E-state index contributed by atoms with van der Waals surface area (Å²) in [4.78, 5) is 0. The molecule has 1 aromatic heterocycles. The number of H-pyrrole nitrogens is 1. The highest BCUT2D eigenvalue weighted by molar-refractivity contribution is 5.14. The Morgan fingerprint density at radius 1 is 1.45 bits per heavy atom. The molecule has 0 spiro atoms. The van der Waals surface area contributed by atoms with Gasteiger partial charge in [0.25, 0.3) is 0 Å². The number of halogens is 3. The van der Waals surface area contributed by atoms with Crippen molar-refractivity contribution in [3.8, 4) is 0 Å². The topological polar surface area (TPSA) is 19.7 Å². The minimum absolute atomic E-state index is 0.208. The fourth-order valence-electron chi connectivity index (χ4n) is 0.939. The average Bonchev–Trinajstić information content (AvgIpc) is 2.08. The van der Waals surface area contributed by atoms with E-state index in [0.717, 1.165) is 0 Å². The quantitative estimate of drug-likeness (QED) is 0.557. The van der Waals surface area contributed by atoms with E-state index in [1.54, 1.807) is 0 Å². The third kappa shape index (κ3) is 1.53. The Morgan fingerprint density at radius 2 is 2.00 bits per heavy atom. The summed E-state index contributed by atoms with van der Waals surface area (Å²) in [5, 5.41) is 2.18. The number of aromatic nitrogens is 2. The number of alkyl halides is 3. The zero-order chi connectivity index (χ0) is 8.65. The zero-order valence-corrected chi connectivity index (χ0v) is 6.16. The van der Waals surface area contributed by atoms with Gasteiger partial charge in [-0.15, -0.1) is 4.68 Å². The minimum Gasteiger partial charge on any atom is -0.164 e. The van der Waals surface area contributed by atoms with Crippen LogP contribution in [0.5, 0.6) is 0 Å². The summed E-state index contributed by atoms with van der Waals surface area (Å²) < 4.78 is 37.3. The molecule has 62 valence electrons. The van der Waals surface area contributed by atoms with E-state index in [2.05, 4.69) is 5.10 Å². The molecule has 0 aromatic carbocycles. The highest BCUT2D eigenvalue weighted by Gasteiger charge is 2.36. The van der Waals surface area contributed by atoms with Crippen LogP contribution in [0.3, 0.4) is 0 Å². The molecule has 0 amide bonds. The molecule has 0 fully saturated rings. The number of hydrogen-bond acceptors (Lipinski definition) is 0. The third-order valence-electron chi connectivity index (χ3n) is 1.35. The maximum absolute atomic E-state index is 12.0. The molecule has 11 heavy (non-hydrogen) atoms. The van der Waals surface area contributed by atoms with Gasteiger partial charge in [-0.05, 0) is 6.92 Å². The molecule has 0 saturated carbocycles. The van der Waals surface area contributed by atoms with Crippen LogP contribution in [0, 0.1) is 6.92 Å². The summed E-state index contributed by atoms with van der Waals surface area (Å²) in [5.41, 5.74) is -0.472. The number of nitrogens with zero attached hydrogens (tertiary/aromatic N) is 1. The lowest BCUT2D eigenvalue weighted by Crippen LogP contribution is -2.29. The SMILES string of the molecule is Cc1c[n+](C)[nH]c1C(F)(F)F. The highest BCUT2D eigenvalue weighted by atomic mass is 19.4. The molecule has 0 bridgehead atoms. The van der Waals surface area contributed by atoms with Crippen molar-refractivity contribution in [2.24, 2.45) is 7.05 Å². The zero-order valence-electron chi connectivity index (χ0n) is 6.16.